The van der Waals surface area contributed by atoms with Crippen molar-refractivity contribution in [1.29, 1.82) is 0 Å². The first kappa shape index (κ1) is 27.1. The highest BCUT2D eigenvalue weighted by Gasteiger charge is 2.52. The molecule has 1 amide bonds. The minimum atomic E-state index is -1.80. The Hall–Kier alpha value is -2.47. The van der Waals surface area contributed by atoms with Gasteiger partial charge in [-0.25, -0.2) is 0 Å². The molecule has 196 valence electrons. The molecule has 0 unspecified atom stereocenters. The quantitative estimate of drug-likeness (QED) is 0.136. The van der Waals surface area contributed by atoms with Gasteiger partial charge >= 0.3 is 0 Å². The molecule has 15 nitrogen and oxygen atoms in total. The summed E-state index contributed by atoms with van der Waals surface area (Å²) >= 11 is 0. The number of carbonyl (C=O) groups is 1. The van der Waals surface area contributed by atoms with Gasteiger partial charge in [0.1, 0.15) is 54.5 Å². The maximum absolute atomic E-state index is 11.9. The van der Waals surface area contributed by atoms with E-state index in [4.69, 9.17) is 18.9 Å². The summed E-state index contributed by atoms with van der Waals surface area (Å²) < 4.78 is 22.3. The minimum absolute atomic E-state index is 0.0932. The molecule has 35 heavy (non-hydrogen) atoms. The van der Waals surface area contributed by atoms with Crippen LogP contribution in [0.3, 0.4) is 0 Å². The van der Waals surface area contributed by atoms with Crippen LogP contribution in [-0.2, 0) is 19.0 Å². The molecule has 2 aliphatic heterocycles. The van der Waals surface area contributed by atoms with Gasteiger partial charge < -0.3 is 54.9 Å². The Morgan fingerprint density at radius 2 is 1.54 bits per heavy atom. The molecule has 7 N–H and O–H groups in total. The van der Waals surface area contributed by atoms with Crippen molar-refractivity contribution in [2.24, 2.45) is 0 Å². The number of non-ortho nitro benzene ring substituents is 1. The molecule has 10 atom stereocenters. The summed E-state index contributed by atoms with van der Waals surface area (Å²) in [6.45, 7) is -0.262. The normalized spacial score (nSPS) is 37.5. The molecule has 2 aliphatic rings. The van der Waals surface area contributed by atoms with E-state index < -0.39 is 85.4 Å². The third kappa shape index (κ3) is 6.03. The number of amides is 1. The number of aliphatic hydroxyl groups excluding tert-OH is 6. The zero-order valence-electron chi connectivity index (χ0n) is 18.5. The number of nitro groups is 1. The molecule has 2 fully saturated rings. The summed E-state index contributed by atoms with van der Waals surface area (Å²) in [7, 11) is 0. The number of nitrogens with zero attached hydrogens (tertiary/aromatic N) is 1. The van der Waals surface area contributed by atoms with E-state index >= 15 is 0 Å². The second kappa shape index (κ2) is 11.5. The third-order valence-corrected chi connectivity index (χ3v) is 5.66. The summed E-state index contributed by atoms with van der Waals surface area (Å²) in [5.74, 6) is -0.497. The highest BCUT2D eigenvalue weighted by atomic mass is 16.7. The number of benzene rings is 1. The van der Waals surface area contributed by atoms with Gasteiger partial charge in [0, 0.05) is 19.1 Å². The second-order valence-corrected chi connectivity index (χ2v) is 8.11. The number of aliphatic hydroxyl groups is 6. The summed E-state index contributed by atoms with van der Waals surface area (Å²) in [5.41, 5.74) is -0.201. The van der Waals surface area contributed by atoms with Gasteiger partial charge in [0.2, 0.25) is 12.2 Å². The van der Waals surface area contributed by atoms with Crippen LogP contribution in [0.4, 0.5) is 5.69 Å². The van der Waals surface area contributed by atoms with E-state index in [-0.39, 0.29) is 11.4 Å². The van der Waals surface area contributed by atoms with Gasteiger partial charge in [-0.15, -0.1) is 0 Å². The van der Waals surface area contributed by atoms with Crippen molar-refractivity contribution in [2.45, 2.75) is 68.3 Å². The van der Waals surface area contributed by atoms with Crippen molar-refractivity contribution in [2.75, 3.05) is 13.2 Å². The summed E-state index contributed by atoms with van der Waals surface area (Å²) in [6.07, 6.45) is -13.9. The van der Waals surface area contributed by atoms with E-state index in [0.29, 0.717) is 0 Å². The van der Waals surface area contributed by atoms with Crippen molar-refractivity contribution >= 4 is 11.6 Å². The summed E-state index contributed by atoms with van der Waals surface area (Å²) in [5, 5.41) is 73.6. The molecule has 0 aliphatic carbocycles. The van der Waals surface area contributed by atoms with Gasteiger partial charge in [0.15, 0.2) is 6.29 Å². The van der Waals surface area contributed by atoms with Crippen molar-refractivity contribution in [3.05, 3.63) is 34.4 Å². The lowest BCUT2D eigenvalue weighted by Crippen LogP contribution is -2.68. The van der Waals surface area contributed by atoms with Crippen LogP contribution in [0.25, 0.3) is 0 Å². The van der Waals surface area contributed by atoms with Gasteiger partial charge in [-0.05, 0) is 12.1 Å². The van der Waals surface area contributed by atoms with Crippen LogP contribution in [0, 0.1) is 10.1 Å². The number of carbonyl (C=O) groups excluding carboxylic acids is 1. The van der Waals surface area contributed by atoms with Crippen LogP contribution in [0.1, 0.15) is 6.92 Å². The number of rotatable bonds is 8. The molecular formula is C20H28N2O13. The van der Waals surface area contributed by atoms with E-state index in [0.717, 1.165) is 0 Å². The van der Waals surface area contributed by atoms with Crippen LogP contribution in [0.15, 0.2) is 24.3 Å². The molecule has 0 saturated carbocycles. The van der Waals surface area contributed by atoms with Gasteiger partial charge in [0.25, 0.3) is 5.69 Å². The Bertz CT molecular complexity index is 869. The molecule has 15 heteroatoms. The largest absolute Gasteiger partial charge is 0.463 e. The summed E-state index contributed by atoms with van der Waals surface area (Å²) in [6, 6.07) is 3.63. The fourth-order valence-corrected chi connectivity index (χ4v) is 3.83. The maximum atomic E-state index is 11.9. The van der Waals surface area contributed by atoms with Crippen molar-refractivity contribution in [3.8, 4) is 5.75 Å². The maximum Gasteiger partial charge on any atom is 0.269 e. The molecule has 0 aromatic heterocycles. The summed E-state index contributed by atoms with van der Waals surface area (Å²) in [4.78, 5) is 22.2. The first-order valence-corrected chi connectivity index (χ1v) is 10.7. The average Bonchev–Trinajstić information content (AvgIpc) is 2.82. The zero-order chi connectivity index (χ0) is 25.9. The monoisotopic (exact) mass is 504 g/mol. The van der Waals surface area contributed by atoms with Gasteiger partial charge in [-0.2, -0.15) is 0 Å². The first-order valence-electron chi connectivity index (χ1n) is 10.7. The lowest BCUT2D eigenvalue weighted by Gasteiger charge is -2.47. The molecule has 0 spiro atoms. The fraction of sp³-hybridized carbons (Fsp3) is 0.650. The predicted octanol–water partition coefficient (Wildman–Crippen LogP) is -3.26. The Labute approximate surface area is 198 Å². The van der Waals surface area contributed by atoms with Crippen LogP contribution in [-0.4, -0.2) is 116 Å². The van der Waals surface area contributed by atoms with Gasteiger partial charge in [-0.1, -0.05) is 0 Å². The first-order chi connectivity index (χ1) is 16.6. The second-order valence-electron chi connectivity index (χ2n) is 8.11. The van der Waals surface area contributed by atoms with Crippen LogP contribution in [0.5, 0.6) is 5.75 Å². The number of hydrogen-bond acceptors (Lipinski definition) is 13. The van der Waals surface area contributed by atoms with Crippen molar-refractivity contribution in [1.82, 2.24) is 5.32 Å². The number of ether oxygens (including phenoxy) is 4. The lowest BCUT2D eigenvalue weighted by atomic mass is 9.95. The van der Waals surface area contributed by atoms with E-state index in [1.165, 1.54) is 31.2 Å². The Balaban J connectivity index is 1.88. The molecule has 2 saturated heterocycles. The standard InChI is InChI=1S/C20H28N2O13/c1-8(25)21-13-18(35-20-17(29)16(28)14(26)11(6-23)34-20)15(27)12(7-24)33-19(13)32-10-4-2-9(3-5-10)22(30)31/h2-5,11-20,23-24,26-29H,6-7H2,1H3,(H,21,25)/t11-,12-,13-,14-,15-,16-,17-,18+,19+,20-/m1/s1. The Morgan fingerprint density at radius 3 is 2.09 bits per heavy atom. The predicted molar refractivity (Wildman–Crippen MR) is 112 cm³/mol. The minimum Gasteiger partial charge on any atom is -0.463 e. The smallest absolute Gasteiger partial charge is 0.269 e. The van der Waals surface area contributed by atoms with Gasteiger partial charge in [-0.3, -0.25) is 14.9 Å². The molecule has 0 radical (unpaired) electrons. The number of nitro benzene ring substituents is 1. The lowest BCUT2D eigenvalue weighted by molar-refractivity contribution is -0.384. The molecule has 3 rings (SSSR count). The molecule has 0 bridgehead atoms. The fourth-order valence-electron chi connectivity index (χ4n) is 3.83. The van der Waals surface area contributed by atoms with Crippen molar-refractivity contribution in [3.63, 3.8) is 0 Å². The molecule has 2 heterocycles. The van der Waals surface area contributed by atoms with Crippen molar-refractivity contribution < 1.29 is 59.3 Å². The average molecular weight is 504 g/mol. The molecule has 1 aromatic rings. The molecular weight excluding hydrogens is 476 g/mol. The zero-order valence-corrected chi connectivity index (χ0v) is 18.5. The Kier molecular flexibility index (Phi) is 8.92. The van der Waals surface area contributed by atoms with E-state index in [1.807, 2.05) is 0 Å². The highest BCUT2D eigenvalue weighted by Crippen LogP contribution is 2.31. The van der Waals surface area contributed by atoms with Gasteiger partial charge in [0.05, 0.1) is 18.1 Å². The van der Waals surface area contributed by atoms with Crippen LogP contribution >= 0.6 is 0 Å². The number of hydrogen-bond donors (Lipinski definition) is 7. The molecule has 1 aromatic carbocycles. The van der Waals surface area contributed by atoms with E-state index in [1.54, 1.807) is 0 Å². The van der Waals surface area contributed by atoms with Crippen LogP contribution < -0.4 is 10.1 Å². The number of nitrogens with one attached hydrogen (secondary N) is 1. The van der Waals surface area contributed by atoms with E-state index in [9.17, 15) is 45.5 Å². The topological polar surface area (TPSA) is 231 Å². The highest BCUT2D eigenvalue weighted by molar-refractivity contribution is 5.73. The third-order valence-electron chi connectivity index (χ3n) is 5.66. The van der Waals surface area contributed by atoms with Crippen LogP contribution in [0.2, 0.25) is 0 Å². The Morgan fingerprint density at radius 1 is 0.971 bits per heavy atom. The SMILES string of the molecule is CC(=O)N[C@H]1[C@@H](Oc2ccc([N+](=O)[O-])cc2)O[C@H](CO)[C@@H](O)[C@H]1O[C@H]1O[C@H](CO)[C@@H](O)[C@@H](O)[C@H]1O. The van der Waals surface area contributed by atoms with E-state index in [2.05, 4.69) is 5.32 Å².